The smallest absolute Gasteiger partial charge is 1.00 e. The van der Waals surface area contributed by atoms with Gasteiger partial charge < -0.3 is 90.4 Å². The number of carbonyl (C=O) groups excluding carboxylic acids is 9. The molecule has 3 fully saturated rings. The third-order valence-electron chi connectivity index (χ3n) is 20.2. The fourth-order valence-electron chi connectivity index (χ4n) is 13.2. The Morgan fingerprint density at radius 2 is 0.870 bits per heavy atom. The molecule has 7 aliphatic rings. The summed E-state index contributed by atoms with van der Waals surface area (Å²) in [6, 6.07) is 61.3. The zero-order valence-corrected chi connectivity index (χ0v) is 93.8. The predicted molar refractivity (Wildman–Crippen MR) is 552 cm³/mol. The van der Waals surface area contributed by atoms with Gasteiger partial charge in [0.15, 0.2) is 6.29 Å². The van der Waals surface area contributed by atoms with Crippen molar-refractivity contribution in [1.29, 1.82) is 0 Å². The molecule has 40 heteroatoms. The predicted octanol–water partition coefficient (Wildman–Crippen LogP) is 11.9. The molecule has 0 aromatic heterocycles. The van der Waals surface area contributed by atoms with Crippen LogP contribution in [0.5, 0.6) is 0 Å². The number of carbonyl (C=O) groups is 9. The van der Waals surface area contributed by atoms with E-state index in [4.69, 9.17) is 34.6 Å². The van der Waals surface area contributed by atoms with Crippen LogP contribution in [0.15, 0.2) is 216 Å². The SMILES string of the molecule is C.C1CCOC1.CC(=O)OOC(C)=O.CC(C)(C)S(=O)N=C1C(=O)N(Cc2ccc(Br)cc2)c2ccccc21.CC(C)(C)S(=O)NC1(CCC2OCCCO2)C(=O)N(Cc2ccc(Br)cc2)c2ccccc21.CC(C)(C)S(N)=O.Cl.NC1(CCC=O)C(=O)N(Cc2ccc(Br)cc2)c2ccccc21.O=C1C(=O)N(Cc2ccc(Br)cc2)c2ccccc21.[B-]OC(C)=O.[Br-].[CH2-]CC1OCCCO1.[Mg+2].[Na+]. The summed E-state index contributed by atoms with van der Waals surface area (Å²) in [5.41, 5.74) is 14.5. The molecule has 3 saturated heterocycles. The van der Waals surface area contributed by atoms with Gasteiger partial charge in [0.25, 0.3) is 29.4 Å². The minimum absolute atomic E-state index is 0. The summed E-state index contributed by atoms with van der Waals surface area (Å²) >= 11 is 13.7. The zero-order valence-electron chi connectivity index (χ0n) is 79.2. The van der Waals surface area contributed by atoms with Crippen molar-refractivity contribution in [2.24, 2.45) is 15.3 Å². The number of Topliss-reactive ketones (excluding diaryl/α,β-unsaturated/α-hetero) is 1. The number of amides is 4. The van der Waals surface area contributed by atoms with E-state index in [1.54, 1.807) is 32.9 Å². The van der Waals surface area contributed by atoms with Crippen LogP contribution in [0.3, 0.4) is 0 Å². The number of nitrogens with one attached hydrogen (secondary N) is 1. The molecule has 7 aliphatic heterocycles. The number of anilines is 4. The Morgan fingerprint density at radius 1 is 0.514 bits per heavy atom. The van der Waals surface area contributed by atoms with Crippen LogP contribution in [0.25, 0.3) is 0 Å². The molecule has 0 bridgehead atoms. The second-order valence-corrected chi connectivity index (χ2v) is 43.1. The standard InChI is InChI=1S/C25H31BrN2O4S.C19H19BrN2O2S.C18H17BrN2O2.C15H10BrNO2.C6H11O2.C4H11NOS.C4H6O4.C4H8O.C2H3BO2.CH4.BrH.ClH.Mg.Na/c1-24(2,3)33(30)27-25(14-13-22-31-15-6-16-32-22)20-7-4-5-8-21(20)28(23(25)29)17-18-9-11-19(26)12-10-18;1-19(2,3)25(24)21-17-15-6-4-5-7-16(15)22(18(17)23)12-13-8-10-14(20)11-9-13;19-14-8-6-13(7-9-14)12-21-16-5-2-1-4-15(16)18(20,17(21)23)10-3-11-22;16-11-7-5-10(6-8-11)9-17-13-4-2-1-3-12(13)14(18)15(17)19;1-2-6-7-4-3-5-8-6;1-4(2,3)7(5)6;1-3(5)7-8-4(2)6;1-2-4-5-3-1;1-2(4)5-3;;;;;/h4-5,7-12,22,27H,6,13-17H2,1-3H3;4-11H,12H2,1-3H3;1-2,4-9,11H,3,10,12,20H2;1-8H,9H2;6H,1-5H2;5H2,1-3H3;1-2H3;1-4H2;1H3;1H4;2*1H;;/q;;;;-1;;;;-1;;;;+2;+1/p-1. The van der Waals surface area contributed by atoms with Crippen molar-refractivity contribution < 1.29 is 140 Å². The molecule has 0 spiro atoms. The summed E-state index contributed by atoms with van der Waals surface area (Å²) in [5.74, 6) is -3.08. The summed E-state index contributed by atoms with van der Waals surface area (Å²) in [7, 11) is 0.203. The van der Waals surface area contributed by atoms with Gasteiger partial charge in [0.1, 0.15) is 40.4 Å². The summed E-state index contributed by atoms with van der Waals surface area (Å²) in [4.78, 5) is 118. The fourth-order valence-corrected chi connectivity index (χ4v) is 15.8. The Bertz CT molecular complexity index is 5350. The van der Waals surface area contributed by atoms with Gasteiger partial charge in [0.05, 0.1) is 106 Å². The number of halogens is 6. The maximum atomic E-state index is 14.1. The summed E-state index contributed by atoms with van der Waals surface area (Å²) in [6.07, 6.45) is 7.14. The van der Waals surface area contributed by atoms with Crippen molar-refractivity contribution in [2.45, 2.75) is 212 Å². The summed E-state index contributed by atoms with van der Waals surface area (Å²) in [6.45, 7) is 30.7. The second-order valence-electron chi connectivity index (χ2n) is 33.7. The van der Waals surface area contributed by atoms with Crippen LogP contribution in [0, 0.1) is 6.92 Å². The van der Waals surface area contributed by atoms with Crippen LogP contribution in [-0.2, 0) is 147 Å². The van der Waals surface area contributed by atoms with Crippen molar-refractivity contribution in [3.8, 4) is 0 Å². The molecule has 5 atom stereocenters. The monoisotopic (exact) mass is 2310 g/mol. The Labute approximate surface area is 908 Å². The molecule has 4 amide bonds. The Balaban J connectivity index is 0.000000558. The second kappa shape index (κ2) is 62.4. The normalized spacial score (nSPS) is 17.4. The molecule has 5 N–H and O–H groups in total. The average Bonchev–Trinajstić information content (AvgIpc) is 1.58. The number of para-hydroxylation sites is 4. The van der Waals surface area contributed by atoms with E-state index in [1.807, 2.05) is 238 Å². The maximum absolute atomic E-state index is 14.1. The van der Waals surface area contributed by atoms with Crippen LogP contribution >= 0.6 is 76.1 Å². The molecular formula is C98H121BBr5ClMgN8NaO20S3. The maximum Gasteiger partial charge on any atom is 2.00 e. The molecule has 7 heterocycles. The van der Waals surface area contributed by atoms with E-state index in [0.717, 1.165) is 140 Å². The van der Waals surface area contributed by atoms with Crippen molar-refractivity contribution in [1.82, 2.24) is 4.72 Å². The minimum atomic E-state index is -1.49. The number of rotatable bonds is 18. The van der Waals surface area contributed by atoms with E-state index >= 15 is 0 Å². The van der Waals surface area contributed by atoms with Gasteiger partial charge in [0.2, 0.25) is 5.97 Å². The van der Waals surface area contributed by atoms with Gasteiger partial charge in [-0.2, -0.15) is 4.40 Å². The van der Waals surface area contributed by atoms with Gasteiger partial charge in [-0.3, -0.25) is 33.9 Å². The number of benzene rings is 8. The third-order valence-corrected chi connectivity index (χ3v) is 26.6. The van der Waals surface area contributed by atoms with Crippen molar-refractivity contribution in [3.05, 3.63) is 263 Å². The van der Waals surface area contributed by atoms with E-state index < -0.39 is 83.1 Å². The molecule has 138 heavy (non-hydrogen) atoms. The number of hydrogen-bond acceptors (Lipinski definition) is 21. The Hall–Kier alpha value is -6.29. The molecular weight excluding hydrogens is 2200 g/mol. The molecule has 8 aromatic carbocycles. The van der Waals surface area contributed by atoms with Gasteiger partial charge in [-0.25, -0.2) is 36.7 Å². The Kier molecular flexibility index (Phi) is 57.8. The van der Waals surface area contributed by atoms with Crippen LogP contribution < -0.4 is 81.7 Å². The first-order valence-electron chi connectivity index (χ1n) is 42.8. The van der Waals surface area contributed by atoms with Crippen LogP contribution in [-0.4, -0.2) is 170 Å². The number of hydrogen-bond donors (Lipinski definition) is 3. The largest absolute Gasteiger partial charge is 2.00 e. The molecule has 5 unspecified atom stereocenters. The molecule has 8 aromatic rings. The number of nitrogens with zero attached hydrogens (tertiary/aromatic N) is 5. The van der Waals surface area contributed by atoms with Crippen molar-refractivity contribution in [2.75, 3.05) is 59.2 Å². The number of ketones is 1. The van der Waals surface area contributed by atoms with Crippen molar-refractivity contribution in [3.63, 3.8) is 0 Å². The molecule has 0 saturated carbocycles. The summed E-state index contributed by atoms with van der Waals surface area (Å²) in [5, 5.41) is 5.04. The topological polar surface area (TPSA) is 368 Å². The minimum Gasteiger partial charge on any atom is -1.00 e. The van der Waals surface area contributed by atoms with E-state index in [-0.39, 0.29) is 137 Å². The van der Waals surface area contributed by atoms with Gasteiger partial charge in [0, 0.05) is 92.8 Å². The first-order chi connectivity index (χ1) is 63.0. The van der Waals surface area contributed by atoms with Crippen LogP contribution in [0.1, 0.15) is 198 Å². The van der Waals surface area contributed by atoms with E-state index in [9.17, 15) is 55.8 Å². The van der Waals surface area contributed by atoms with E-state index in [1.165, 1.54) is 24.7 Å². The third kappa shape index (κ3) is 39.3. The molecule has 28 nitrogen and oxygen atoms in total. The number of aldehydes is 1. The molecule has 0 aliphatic carbocycles. The van der Waals surface area contributed by atoms with Crippen LogP contribution in [0.4, 0.5) is 22.7 Å². The van der Waals surface area contributed by atoms with E-state index in [2.05, 4.69) is 102 Å². The fraction of sp³-hybridized carbons (Fsp3) is 0.398. The Morgan fingerprint density at radius 3 is 1.23 bits per heavy atom. The van der Waals surface area contributed by atoms with Gasteiger partial charge in [-0.1, -0.05) is 186 Å². The number of fused-ring (bicyclic) bond motifs is 4. The first kappa shape index (κ1) is 128. The van der Waals surface area contributed by atoms with Crippen LogP contribution in [0.2, 0.25) is 0 Å². The average molecular weight is 2320 g/mol. The summed E-state index contributed by atoms with van der Waals surface area (Å²) < 4.78 is 76.6. The molecule has 739 valence electrons. The quantitative estimate of drug-likeness (QED) is 0.0179. The van der Waals surface area contributed by atoms with Crippen molar-refractivity contribution >= 4 is 222 Å². The number of nitrogens with two attached hydrogens (primary N) is 2. The molecule has 3 radical (unpaired) electrons. The van der Waals surface area contributed by atoms with Gasteiger partial charge >= 0.3 is 64.5 Å². The number of ether oxygens (including phenoxy) is 5. The molecule has 15 rings (SSSR count). The zero-order chi connectivity index (χ0) is 98.0. The van der Waals surface area contributed by atoms with E-state index in [0.29, 0.717) is 69.9 Å². The van der Waals surface area contributed by atoms with Gasteiger partial charge in [-0.05, 0) is 202 Å². The first-order valence-corrected chi connectivity index (χ1v) is 49.4. The van der Waals surface area contributed by atoms with Gasteiger partial charge in [-0.15, -0.1) is 18.8 Å².